The van der Waals surface area contributed by atoms with Crippen LogP contribution in [0.15, 0.2) is 91.3 Å². The number of hydrogen-bond acceptors (Lipinski definition) is 4. The van der Waals surface area contributed by atoms with Crippen LogP contribution in [0.3, 0.4) is 0 Å². The van der Waals surface area contributed by atoms with E-state index in [0.29, 0.717) is 29.9 Å². The number of hydrogen-bond donors (Lipinski definition) is 2. The number of anilines is 2. The summed E-state index contributed by atoms with van der Waals surface area (Å²) < 4.78 is 13.2. The molecule has 7 heteroatoms. The quantitative estimate of drug-likeness (QED) is 0.384. The molecule has 0 atom stereocenters. The monoisotopic (exact) mass is 494 g/mol. The average molecular weight is 495 g/mol. The van der Waals surface area contributed by atoms with Gasteiger partial charge >= 0.3 is 0 Å². The maximum atomic E-state index is 13.4. The molecular formula is C30H27FN4O2. The minimum Gasteiger partial charge on any atom is -0.366 e. The van der Waals surface area contributed by atoms with Crippen LogP contribution in [0.25, 0.3) is 0 Å². The van der Waals surface area contributed by atoms with Gasteiger partial charge in [-0.1, -0.05) is 42.5 Å². The molecule has 5 rings (SSSR count). The fourth-order valence-corrected chi connectivity index (χ4v) is 4.55. The van der Waals surface area contributed by atoms with Crippen molar-refractivity contribution in [1.29, 1.82) is 0 Å². The molecule has 0 bridgehead atoms. The lowest BCUT2D eigenvalue weighted by Gasteiger charge is -2.32. The maximum absolute atomic E-state index is 13.4. The molecule has 2 amide bonds. The first-order valence-corrected chi connectivity index (χ1v) is 12.2. The molecule has 0 aliphatic carbocycles. The Balaban J connectivity index is 1.37. The number of benzene rings is 3. The van der Waals surface area contributed by atoms with E-state index in [4.69, 9.17) is 0 Å². The topological polar surface area (TPSA) is 74.3 Å². The maximum Gasteiger partial charge on any atom is 0.253 e. The van der Waals surface area contributed by atoms with E-state index in [1.165, 1.54) is 23.3 Å². The molecule has 37 heavy (non-hydrogen) atoms. The highest BCUT2D eigenvalue weighted by atomic mass is 19.1. The predicted octanol–water partition coefficient (Wildman–Crippen LogP) is 4.89. The Morgan fingerprint density at radius 2 is 1.73 bits per heavy atom. The van der Waals surface area contributed by atoms with Gasteiger partial charge in [-0.25, -0.2) is 4.39 Å². The highest BCUT2D eigenvalue weighted by molar-refractivity contribution is 6.02. The first-order chi connectivity index (χ1) is 18.0. The average Bonchev–Trinajstić information content (AvgIpc) is 2.93. The van der Waals surface area contributed by atoms with Crippen LogP contribution in [0.1, 0.15) is 32.6 Å². The zero-order chi connectivity index (χ0) is 25.6. The number of aromatic nitrogens is 1. The third kappa shape index (κ3) is 6.01. The predicted molar refractivity (Wildman–Crippen MR) is 142 cm³/mol. The molecule has 2 N–H and O–H groups in total. The smallest absolute Gasteiger partial charge is 0.253 e. The molecule has 1 aliphatic rings. The van der Waals surface area contributed by atoms with E-state index >= 15 is 0 Å². The summed E-state index contributed by atoms with van der Waals surface area (Å²) in [7, 11) is 0. The Bertz CT molecular complexity index is 1410. The number of amides is 2. The molecule has 1 aromatic heterocycles. The molecular weight excluding hydrogens is 467 g/mol. The van der Waals surface area contributed by atoms with Crippen LogP contribution in [-0.4, -0.2) is 23.3 Å². The summed E-state index contributed by atoms with van der Waals surface area (Å²) >= 11 is 0. The molecule has 0 saturated carbocycles. The highest BCUT2D eigenvalue weighted by Crippen LogP contribution is 2.30. The largest absolute Gasteiger partial charge is 0.366 e. The number of nitrogens with one attached hydrogen (secondary N) is 2. The summed E-state index contributed by atoms with van der Waals surface area (Å²) in [5.74, 6) is -0.817. The molecule has 0 radical (unpaired) electrons. The third-order valence-electron chi connectivity index (χ3n) is 6.45. The Morgan fingerprint density at radius 1 is 0.919 bits per heavy atom. The zero-order valence-electron chi connectivity index (χ0n) is 20.3. The van der Waals surface area contributed by atoms with Gasteiger partial charge in [-0.2, -0.15) is 0 Å². The summed E-state index contributed by atoms with van der Waals surface area (Å²) in [6.45, 7) is 1.83. The minimum absolute atomic E-state index is 0.105. The summed E-state index contributed by atoms with van der Waals surface area (Å²) in [4.78, 5) is 32.3. The van der Waals surface area contributed by atoms with Crippen LogP contribution in [0, 0.1) is 5.82 Å². The van der Waals surface area contributed by atoms with E-state index in [-0.39, 0.29) is 24.1 Å². The van der Waals surface area contributed by atoms with Crippen molar-refractivity contribution in [2.75, 3.05) is 16.8 Å². The van der Waals surface area contributed by atoms with Crippen molar-refractivity contribution in [2.45, 2.75) is 25.9 Å². The van der Waals surface area contributed by atoms with Gasteiger partial charge in [0.05, 0.1) is 12.0 Å². The molecule has 0 fully saturated rings. The molecule has 6 nitrogen and oxygen atoms in total. The lowest BCUT2D eigenvalue weighted by atomic mass is 9.98. The third-order valence-corrected chi connectivity index (χ3v) is 6.45. The van der Waals surface area contributed by atoms with Gasteiger partial charge in [0, 0.05) is 43.4 Å². The number of pyridine rings is 1. The Labute approximate surface area is 215 Å². The summed E-state index contributed by atoms with van der Waals surface area (Å²) in [5.41, 5.74) is 6.00. The Hall–Kier alpha value is -4.52. The molecule has 0 spiro atoms. The van der Waals surface area contributed by atoms with Gasteiger partial charge < -0.3 is 15.5 Å². The first-order valence-electron chi connectivity index (χ1n) is 12.2. The molecule has 0 unspecified atom stereocenters. The van der Waals surface area contributed by atoms with E-state index in [2.05, 4.69) is 38.7 Å². The number of nitrogens with zero attached hydrogens (tertiary/aromatic N) is 2. The summed E-state index contributed by atoms with van der Waals surface area (Å²) in [6.07, 6.45) is 4.40. The second-order valence-corrected chi connectivity index (χ2v) is 9.07. The van der Waals surface area contributed by atoms with E-state index in [1.54, 1.807) is 30.6 Å². The minimum atomic E-state index is -0.345. The van der Waals surface area contributed by atoms with Crippen LogP contribution < -0.4 is 15.5 Å². The number of carbonyl (C=O) groups excluding carboxylic acids is 2. The number of carbonyl (C=O) groups is 2. The van der Waals surface area contributed by atoms with E-state index in [9.17, 15) is 14.0 Å². The van der Waals surface area contributed by atoms with Gasteiger partial charge in [-0.3, -0.25) is 14.6 Å². The van der Waals surface area contributed by atoms with Gasteiger partial charge in [-0.05, 0) is 65.1 Å². The van der Waals surface area contributed by atoms with Crippen LogP contribution in [0.2, 0.25) is 0 Å². The second-order valence-electron chi connectivity index (χ2n) is 9.07. The summed E-state index contributed by atoms with van der Waals surface area (Å²) in [6, 6.07) is 23.3. The Morgan fingerprint density at radius 3 is 2.51 bits per heavy atom. The molecule has 1 aliphatic heterocycles. The second kappa shape index (κ2) is 11.0. The number of halogens is 1. The first kappa shape index (κ1) is 24.2. The Kier molecular flexibility index (Phi) is 7.21. The highest BCUT2D eigenvalue weighted by Gasteiger charge is 2.22. The van der Waals surface area contributed by atoms with Crippen LogP contribution in [0.4, 0.5) is 15.8 Å². The van der Waals surface area contributed by atoms with Crippen molar-refractivity contribution >= 4 is 23.2 Å². The standard InChI is InChI=1S/C30H27FN4O2/c31-25-9-7-21(8-10-25)16-29(36)34-26-11-12-28(35-15-13-23-5-1-2-6-24(23)20-35)27(17-26)30(37)33-19-22-4-3-14-32-18-22/h1-12,14,17-18H,13,15-16,19-20H2,(H,33,37)(H,34,36). The van der Waals surface area contributed by atoms with Crippen LogP contribution in [-0.2, 0) is 30.7 Å². The van der Waals surface area contributed by atoms with Gasteiger partial charge in [0.25, 0.3) is 5.91 Å². The molecule has 3 aromatic carbocycles. The van der Waals surface area contributed by atoms with Crippen molar-refractivity contribution < 1.29 is 14.0 Å². The van der Waals surface area contributed by atoms with Gasteiger partial charge in [0.2, 0.25) is 5.91 Å². The van der Waals surface area contributed by atoms with E-state index < -0.39 is 0 Å². The zero-order valence-corrected chi connectivity index (χ0v) is 20.3. The lowest BCUT2D eigenvalue weighted by molar-refractivity contribution is -0.115. The van der Waals surface area contributed by atoms with E-state index in [0.717, 1.165) is 24.2 Å². The summed E-state index contributed by atoms with van der Waals surface area (Å²) in [5, 5.41) is 5.86. The van der Waals surface area contributed by atoms with Crippen molar-refractivity contribution in [3.8, 4) is 0 Å². The fourth-order valence-electron chi connectivity index (χ4n) is 4.55. The van der Waals surface area contributed by atoms with Crippen molar-refractivity contribution in [2.24, 2.45) is 0 Å². The number of rotatable bonds is 7. The van der Waals surface area contributed by atoms with Crippen molar-refractivity contribution in [3.63, 3.8) is 0 Å². The molecule has 186 valence electrons. The van der Waals surface area contributed by atoms with Crippen LogP contribution >= 0.6 is 0 Å². The van der Waals surface area contributed by atoms with Crippen molar-refractivity contribution in [3.05, 3.63) is 125 Å². The molecule has 2 heterocycles. The van der Waals surface area contributed by atoms with Crippen molar-refractivity contribution in [1.82, 2.24) is 10.3 Å². The van der Waals surface area contributed by atoms with Crippen LogP contribution in [0.5, 0.6) is 0 Å². The van der Waals surface area contributed by atoms with E-state index in [1.807, 2.05) is 30.3 Å². The number of fused-ring (bicyclic) bond motifs is 1. The lowest BCUT2D eigenvalue weighted by Crippen LogP contribution is -2.33. The van der Waals surface area contributed by atoms with Gasteiger partial charge in [-0.15, -0.1) is 0 Å². The molecule has 0 saturated heterocycles. The normalized spacial score (nSPS) is 12.5. The van der Waals surface area contributed by atoms with Gasteiger partial charge in [0.15, 0.2) is 0 Å². The van der Waals surface area contributed by atoms with Gasteiger partial charge in [0.1, 0.15) is 5.82 Å². The SMILES string of the molecule is O=C(Cc1ccc(F)cc1)Nc1ccc(N2CCc3ccccc3C2)c(C(=O)NCc2cccnc2)c1. The fraction of sp³-hybridized carbons (Fsp3) is 0.167. The molecule has 4 aromatic rings.